The van der Waals surface area contributed by atoms with Crippen LogP contribution in [-0.4, -0.2) is 12.8 Å². The van der Waals surface area contributed by atoms with Crippen molar-refractivity contribution >= 4 is 6.21 Å². The fourth-order valence-corrected chi connectivity index (χ4v) is 3.18. The van der Waals surface area contributed by atoms with Crippen LogP contribution in [0.4, 0.5) is 0 Å². The summed E-state index contributed by atoms with van der Waals surface area (Å²) in [5.74, 6) is 0. The second kappa shape index (κ2) is 6.04. The van der Waals surface area contributed by atoms with Gasteiger partial charge in [-0.15, -0.1) is 0 Å². The van der Waals surface area contributed by atoms with Crippen molar-refractivity contribution in [2.75, 3.05) is 6.54 Å². The van der Waals surface area contributed by atoms with E-state index in [1.54, 1.807) is 0 Å². The topological polar surface area (TPSA) is 12.4 Å². The lowest BCUT2D eigenvalue weighted by Crippen LogP contribution is -2.31. The number of rotatable bonds is 4. The van der Waals surface area contributed by atoms with Gasteiger partial charge in [-0.05, 0) is 36.8 Å². The Morgan fingerprint density at radius 1 is 0.800 bits per heavy atom. The van der Waals surface area contributed by atoms with Gasteiger partial charge in [0.2, 0.25) is 0 Å². The fourth-order valence-electron chi connectivity index (χ4n) is 3.18. The highest BCUT2D eigenvalue weighted by atomic mass is 14.7. The van der Waals surface area contributed by atoms with Crippen molar-refractivity contribution in [2.45, 2.75) is 25.7 Å². The first-order valence-electron chi connectivity index (χ1n) is 7.45. The predicted molar refractivity (Wildman–Crippen MR) is 85.3 cm³/mol. The van der Waals surface area contributed by atoms with Crippen LogP contribution in [0, 0.1) is 5.41 Å². The van der Waals surface area contributed by atoms with Crippen molar-refractivity contribution < 1.29 is 0 Å². The highest BCUT2D eigenvalue weighted by Gasteiger charge is 2.30. The molecule has 0 aliphatic carbocycles. The van der Waals surface area contributed by atoms with E-state index < -0.39 is 0 Å². The summed E-state index contributed by atoms with van der Waals surface area (Å²) in [5, 5.41) is 0. The average Bonchev–Trinajstić information content (AvgIpc) is 2.50. The predicted octanol–water partition coefficient (Wildman–Crippen LogP) is 4.32. The average molecular weight is 263 g/mol. The van der Waals surface area contributed by atoms with E-state index in [0.717, 1.165) is 19.4 Å². The maximum absolute atomic E-state index is 4.60. The lowest BCUT2D eigenvalue weighted by molar-refractivity contribution is 0.365. The number of benzene rings is 2. The molecule has 0 spiro atoms. The van der Waals surface area contributed by atoms with Gasteiger partial charge < -0.3 is 0 Å². The van der Waals surface area contributed by atoms with Crippen LogP contribution in [0.1, 0.15) is 24.0 Å². The summed E-state index contributed by atoms with van der Waals surface area (Å²) >= 11 is 0. The molecule has 1 aliphatic heterocycles. The zero-order valence-electron chi connectivity index (χ0n) is 11.8. The summed E-state index contributed by atoms with van der Waals surface area (Å²) in [4.78, 5) is 4.60. The van der Waals surface area contributed by atoms with Crippen LogP contribution in [0.25, 0.3) is 0 Å². The minimum absolute atomic E-state index is 0.195. The molecule has 0 saturated heterocycles. The first kappa shape index (κ1) is 13.1. The molecule has 1 heteroatoms. The molecule has 0 bridgehead atoms. The van der Waals surface area contributed by atoms with E-state index in [0.29, 0.717) is 0 Å². The Labute approximate surface area is 121 Å². The molecule has 2 aromatic carbocycles. The van der Waals surface area contributed by atoms with E-state index in [2.05, 4.69) is 71.9 Å². The Kier molecular flexibility index (Phi) is 3.96. The highest BCUT2D eigenvalue weighted by Crippen LogP contribution is 2.33. The zero-order valence-corrected chi connectivity index (χ0v) is 11.8. The molecule has 0 N–H and O–H groups in total. The van der Waals surface area contributed by atoms with Gasteiger partial charge in [-0.2, -0.15) is 0 Å². The van der Waals surface area contributed by atoms with Gasteiger partial charge in [-0.25, -0.2) is 0 Å². The summed E-state index contributed by atoms with van der Waals surface area (Å²) in [6, 6.07) is 21.6. The Morgan fingerprint density at radius 2 is 1.35 bits per heavy atom. The van der Waals surface area contributed by atoms with Gasteiger partial charge in [0.05, 0.1) is 0 Å². The van der Waals surface area contributed by atoms with Crippen LogP contribution in [0.3, 0.4) is 0 Å². The number of aliphatic imine (C=N–C) groups is 1. The maximum atomic E-state index is 4.60. The minimum Gasteiger partial charge on any atom is -0.297 e. The van der Waals surface area contributed by atoms with Crippen molar-refractivity contribution in [2.24, 2.45) is 10.4 Å². The zero-order chi connectivity index (χ0) is 13.7. The molecular formula is C19H21N. The molecule has 0 atom stereocenters. The van der Waals surface area contributed by atoms with Crippen LogP contribution < -0.4 is 0 Å². The lowest BCUT2D eigenvalue weighted by Gasteiger charge is -2.33. The van der Waals surface area contributed by atoms with Gasteiger partial charge in [0, 0.05) is 18.2 Å². The molecule has 0 saturated carbocycles. The van der Waals surface area contributed by atoms with Crippen molar-refractivity contribution in [3.8, 4) is 0 Å². The third-order valence-electron chi connectivity index (χ3n) is 4.13. The van der Waals surface area contributed by atoms with Crippen molar-refractivity contribution in [3.63, 3.8) is 0 Å². The van der Waals surface area contributed by atoms with E-state index in [1.807, 2.05) is 0 Å². The molecule has 20 heavy (non-hydrogen) atoms. The molecule has 0 amide bonds. The van der Waals surface area contributed by atoms with Crippen LogP contribution >= 0.6 is 0 Å². The monoisotopic (exact) mass is 263 g/mol. The van der Waals surface area contributed by atoms with Crippen LogP contribution in [0.15, 0.2) is 65.7 Å². The number of hydrogen-bond donors (Lipinski definition) is 0. The first-order valence-corrected chi connectivity index (χ1v) is 7.45. The molecular weight excluding hydrogens is 242 g/mol. The fraction of sp³-hybridized carbons (Fsp3) is 0.316. The van der Waals surface area contributed by atoms with Gasteiger partial charge in [0.1, 0.15) is 0 Å². The van der Waals surface area contributed by atoms with Gasteiger partial charge in [0.25, 0.3) is 0 Å². The Hall–Kier alpha value is -1.89. The highest BCUT2D eigenvalue weighted by molar-refractivity contribution is 5.68. The Morgan fingerprint density at radius 3 is 1.80 bits per heavy atom. The quantitative estimate of drug-likeness (QED) is 0.779. The van der Waals surface area contributed by atoms with Gasteiger partial charge in [-0.3, -0.25) is 4.99 Å². The third kappa shape index (κ3) is 3.16. The lowest BCUT2D eigenvalue weighted by atomic mass is 9.73. The van der Waals surface area contributed by atoms with Crippen molar-refractivity contribution in [1.82, 2.24) is 0 Å². The third-order valence-corrected chi connectivity index (χ3v) is 4.13. The van der Waals surface area contributed by atoms with Crippen LogP contribution in [0.5, 0.6) is 0 Å². The molecule has 0 fully saturated rings. The van der Waals surface area contributed by atoms with E-state index in [4.69, 9.17) is 0 Å². The molecule has 0 aromatic heterocycles. The summed E-state index contributed by atoms with van der Waals surface area (Å²) in [7, 11) is 0. The molecule has 0 unspecified atom stereocenters. The maximum Gasteiger partial charge on any atom is 0.0385 e. The Bertz CT molecular complexity index is 515. The molecule has 0 radical (unpaired) electrons. The van der Waals surface area contributed by atoms with Crippen molar-refractivity contribution in [1.29, 1.82) is 0 Å². The standard InChI is InChI=1S/C19H21N/c1-3-8-17(9-4-1)14-19(12-7-13-20-16-19)15-18-10-5-2-6-11-18/h1-6,8-11,16H,7,12-15H2. The second-order valence-corrected chi connectivity index (χ2v) is 5.83. The van der Waals surface area contributed by atoms with E-state index in [9.17, 15) is 0 Å². The molecule has 102 valence electrons. The summed E-state index contributed by atoms with van der Waals surface area (Å²) < 4.78 is 0. The minimum atomic E-state index is 0.195. The summed E-state index contributed by atoms with van der Waals surface area (Å²) in [5.41, 5.74) is 3.02. The van der Waals surface area contributed by atoms with E-state index >= 15 is 0 Å². The largest absolute Gasteiger partial charge is 0.297 e. The van der Waals surface area contributed by atoms with Gasteiger partial charge in [-0.1, -0.05) is 60.7 Å². The molecule has 3 rings (SSSR count). The van der Waals surface area contributed by atoms with Gasteiger partial charge in [0.15, 0.2) is 0 Å². The summed E-state index contributed by atoms with van der Waals surface area (Å²) in [6.07, 6.45) is 6.85. The van der Waals surface area contributed by atoms with Crippen LogP contribution in [-0.2, 0) is 12.8 Å². The van der Waals surface area contributed by atoms with E-state index in [-0.39, 0.29) is 5.41 Å². The van der Waals surface area contributed by atoms with E-state index in [1.165, 1.54) is 24.0 Å². The first-order chi connectivity index (χ1) is 9.86. The molecule has 1 nitrogen and oxygen atoms in total. The normalized spacial score (nSPS) is 17.0. The molecule has 2 aromatic rings. The second-order valence-electron chi connectivity index (χ2n) is 5.83. The van der Waals surface area contributed by atoms with Crippen molar-refractivity contribution in [3.05, 3.63) is 71.8 Å². The smallest absolute Gasteiger partial charge is 0.0385 e. The molecule has 1 aliphatic rings. The number of nitrogens with zero attached hydrogens (tertiary/aromatic N) is 1. The van der Waals surface area contributed by atoms with Crippen LogP contribution in [0.2, 0.25) is 0 Å². The SMILES string of the molecule is C1=NCCCC1(Cc1ccccc1)Cc1ccccc1. The summed E-state index contributed by atoms with van der Waals surface area (Å²) in [6.45, 7) is 0.991. The Balaban J connectivity index is 1.85. The number of hydrogen-bond acceptors (Lipinski definition) is 1. The molecule has 1 heterocycles. The van der Waals surface area contributed by atoms with Gasteiger partial charge >= 0.3 is 0 Å².